The van der Waals surface area contributed by atoms with Gasteiger partial charge in [0.25, 0.3) is 0 Å². The van der Waals surface area contributed by atoms with Crippen LogP contribution in [0.15, 0.2) is 132 Å². The van der Waals surface area contributed by atoms with Gasteiger partial charge >= 0.3 is 0 Å². The average molecular weight is 502 g/mol. The standard InChI is InChI=1S/C37H27NO/c1-37(2)30-19-10-8-18-28(30)35-31(37)20-12-21-32(35)38(24-13-4-3-5-14-24)33-23-29-26-16-9-11-22-34(26)39-36(29)27-17-7-6-15-25(27)33/h3-23H,1-2H3. The van der Waals surface area contributed by atoms with E-state index in [0.717, 1.165) is 44.1 Å². The van der Waals surface area contributed by atoms with Crippen molar-refractivity contribution < 1.29 is 4.42 Å². The number of furan rings is 1. The number of rotatable bonds is 3. The Hall–Kier alpha value is -4.82. The van der Waals surface area contributed by atoms with Crippen LogP contribution in [0.4, 0.5) is 17.1 Å². The van der Waals surface area contributed by atoms with Gasteiger partial charge in [-0.15, -0.1) is 0 Å². The van der Waals surface area contributed by atoms with Crippen LogP contribution in [0.1, 0.15) is 25.0 Å². The summed E-state index contributed by atoms with van der Waals surface area (Å²) in [6, 6.07) is 45.7. The fourth-order valence-electron chi connectivity index (χ4n) is 6.62. The van der Waals surface area contributed by atoms with E-state index in [1.807, 2.05) is 6.07 Å². The molecule has 2 heteroatoms. The molecule has 0 N–H and O–H groups in total. The molecule has 0 spiro atoms. The Morgan fingerprint density at radius 1 is 0.538 bits per heavy atom. The molecule has 8 rings (SSSR count). The minimum absolute atomic E-state index is 0.0723. The lowest BCUT2D eigenvalue weighted by Gasteiger charge is -2.30. The van der Waals surface area contributed by atoms with E-state index in [-0.39, 0.29) is 5.41 Å². The maximum Gasteiger partial charge on any atom is 0.143 e. The lowest BCUT2D eigenvalue weighted by Crippen LogP contribution is -2.16. The Morgan fingerprint density at radius 2 is 1.21 bits per heavy atom. The predicted molar refractivity (Wildman–Crippen MR) is 163 cm³/mol. The summed E-state index contributed by atoms with van der Waals surface area (Å²) in [5, 5.41) is 4.55. The zero-order valence-corrected chi connectivity index (χ0v) is 22.0. The van der Waals surface area contributed by atoms with Crippen LogP contribution in [-0.2, 0) is 5.41 Å². The van der Waals surface area contributed by atoms with Crippen molar-refractivity contribution in [2.75, 3.05) is 4.90 Å². The van der Waals surface area contributed by atoms with E-state index in [1.54, 1.807) is 0 Å². The molecule has 0 saturated carbocycles. The van der Waals surface area contributed by atoms with Crippen LogP contribution in [0.2, 0.25) is 0 Å². The van der Waals surface area contributed by atoms with Crippen molar-refractivity contribution in [2.24, 2.45) is 0 Å². The van der Waals surface area contributed by atoms with Crippen molar-refractivity contribution in [3.05, 3.63) is 139 Å². The number of hydrogen-bond acceptors (Lipinski definition) is 2. The van der Waals surface area contributed by atoms with Gasteiger partial charge in [-0.05, 0) is 47.0 Å². The maximum absolute atomic E-state index is 6.44. The van der Waals surface area contributed by atoms with Crippen molar-refractivity contribution in [2.45, 2.75) is 19.3 Å². The van der Waals surface area contributed by atoms with E-state index in [9.17, 15) is 0 Å². The van der Waals surface area contributed by atoms with Crippen LogP contribution < -0.4 is 4.90 Å². The number of fused-ring (bicyclic) bond motifs is 8. The molecular weight excluding hydrogens is 474 g/mol. The van der Waals surface area contributed by atoms with Gasteiger partial charge in [0.2, 0.25) is 0 Å². The summed E-state index contributed by atoms with van der Waals surface area (Å²) in [6.07, 6.45) is 0. The van der Waals surface area contributed by atoms with Crippen LogP contribution in [0.25, 0.3) is 43.8 Å². The first-order valence-corrected chi connectivity index (χ1v) is 13.5. The molecule has 1 heterocycles. The molecule has 0 radical (unpaired) electrons. The molecule has 0 aliphatic heterocycles. The van der Waals surface area contributed by atoms with Gasteiger partial charge in [0.05, 0.1) is 11.4 Å². The molecular formula is C37H27NO. The van der Waals surface area contributed by atoms with Crippen molar-refractivity contribution in [1.29, 1.82) is 0 Å². The van der Waals surface area contributed by atoms with Gasteiger partial charge < -0.3 is 9.32 Å². The number of para-hydroxylation sites is 2. The molecule has 2 nitrogen and oxygen atoms in total. The zero-order valence-electron chi connectivity index (χ0n) is 22.0. The fraction of sp³-hybridized carbons (Fsp3) is 0.0811. The van der Waals surface area contributed by atoms with E-state index in [2.05, 4.69) is 140 Å². The molecule has 0 fully saturated rings. The summed E-state index contributed by atoms with van der Waals surface area (Å²) in [7, 11) is 0. The molecule has 186 valence electrons. The summed E-state index contributed by atoms with van der Waals surface area (Å²) in [5.74, 6) is 0. The number of anilines is 3. The maximum atomic E-state index is 6.44. The molecule has 7 aromatic rings. The Balaban J connectivity index is 1.51. The lowest BCUT2D eigenvalue weighted by atomic mass is 9.82. The molecule has 1 aliphatic carbocycles. The van der Waals surface area contributed by atoms with Crippen molar-refractivity contribution in [1.82, 2.24) is 0 Å². The second kappa shape index (κ2) is 8.09. The summed E-state index contributed by atoms with van der Waals surface area (Å²) >= 11 is 0. The second-order valence-electron chi connectivity index (χ2n) is 11.0. The van der Waals surface area contributed by atoms with Crippen LogP contribution in [0.5, 0.6) is 0 Å². The molecule has 6 aromatic carbocycles. The molecule has 39 heavy (non-hydrogen) atoms. The molecule has 0 unspecified atom stereocenters. The largest absolute Gasteiger partial charge is 0.455 e. The highest BCUT2D eigenvalue weighted by atomic mass is 16.3. The number of benzene rings is 6. The third kappa shape index (κ3) is 3.09. The van der Waals surface area contributed by atoms with E-state index in [0.29, 0.717) is 0 Å². The summed E-state index contributed by atoms with van der Waals surface area (Å²) in [5.41, 5.74) is 10.6. The number of hydrogen-bond donors (Lipinski definition) is 0. The number of nitrogens with zero attached hydrogens (tertiary/aromatic N) is 1. The van der Waals surface area contributed by atoms with E-state index >= 15 is 0 Å². The second-order valence-corrected chi connectivity index (χ2v) is 11.0. The molecule has 0 amide bonds. The quantitative estimate of drug-likeness (QED) is 0.239. The van der Waals surface area contributed by atoms with Gasteiger partial charge in [0.1, 0.15) is 11.2 Å². The lowest BCUT2D eigenvalue weighted by molar-refractivity contribution is 0.660. The van der Waals surface area contributed by atoms with Gasteiger partial charge in [-0.2, -0.15) is 0 Å². The van der Waals surface area contributed by atoms with Crippen LogP contribution in [-0.4, -0.2) is 0 Å². The van der Waals surface area contributed by atoms with Crippen LogP contribution >= 0.6 is 0 Å². The third-order valence-electron chi connectivity index (χ3n) is 8.44. The van der Waals surface area contributed by atoms with Crippen LogP contribution in [0, 0.1) is 0 Å². The van der Waals surface area contributed by atoms with Gasteiger partial charge in [0.15, 0.2) is 0 Å². The Morgan fingerprint density at radius 3 is 2.05 bits per heavy atom. The molecule has 1 aromatic heterocycles. The predicted octanol–water partition coefficient (Wildman–Crippen LogP) is 10.5. The van der Waals surface area contributed by atoms with Gasteiger partial charge in [-0.1, -0.05) is 111 Å². The van der Waals surface area contributed by atoms with E-state index in [4.69, 9.17) is 4.42 Å². The topological polar surface area (TPSA) is 16.4 Å². The van der Waals surface area contributed by atoms with Crippen LogP contribution in [0.3, 0.4) is 0 Å². The monoisotopic (exact) mass is 501 g/mol. The molecule has 0 saturated heterocycles. The van der Waals surface area contributed by atoms with Gasteiger partial charge in [0, 0.05) is 38.2 Å². The van der Waals surface area contributed by atoms with Gasteiger partial charge in [-0.3, -0.25) is 0 Å². The summed E-state index contributed by atoms with van der Waals surface area (Å²) < 4.78 is 6.44. The third-order valence-corrected chi connectivity index (χ3v) is 8.44. The van der Waals surface area contributed by atoms with Crippen molar-refractivity contribution >= 4 is 49.8 Å². The highest BCUT2D eigenvalue weighted by Gasteiger charge is 2.37. The van der Waals surface area contributed by atoms with Crippen molar-refractivity contribution in [3.8, 4) is 11.1 Å². The van der Waals surface area contributed by atoms with E-state index in [1.165, 1.54) is 27.9 Å². The first kappa shape index (κ1) is 22.2. The Labute approximate surface area is 227 Å². The molecule has 0 atom stereocenters. The summed E-state index contributed by atoms with van der Waals surface area (Å²) in [6.45, 7) is 4.68. The Bertz CT molecular complexity index is 2050. The first-order chi connectivity index (χ1) is 19.1. The highest BCUT2D eigenvalue weighted by Crippen LogP contribution is 2.55. The minimum Gasteiger partial charge on any atom is -0.455 e. The highest BCUT2D eigenvalue weighted by molar-refractivity contribution is 6.20. The normalized spacial score (nSPS) is 13.6. The first-order valence-electron chi connectivity index (χ1n) is 13.5. The van der Waals surface area contributed by atoms with Crippen molar-refractivity contribution in [3.63, 3.8) is 0 Å². The zero-order chi connectivity index (χ0) is 26.1. The SMILES string of the molecule is CC1(C)c2ccccc2-c2c(N(c3ccccc3)c3cc4c5ccccc5oc4c4ccccc34)cccc21. The average Bonchev–Trinajstić information content (AvgIpc) is 3.47. The molecule has 0 bridgehead atoms. The fourth-order valence-corrected chi connectivity index (χ4v) is 6.62. The smallest absolute Gasteiger partial charge is 0.143 e. The van der Waals surface area contributed by atoms with Gasteiger partial charge in [-0.25, -0.2) is 0 Å². The summed E-state index contributed by atoms with van der Waals surface area (Å²) in [4.78, 5) is 2.44. The Kier molecular flexibility index (Phi) is 4.60. The molecule has 1 aliphatic rings. The van der Waals surface area contributed by atoms with E-state index < -0.39 is 0 Å². The minimum atomic E-state index is -0.0723.